The molecule has 102 heavy (non-hydrogen) atoms. The molecule has 14 rings (SSSR count). The Hall–Kier alpha value is -8.12. The van der Waals surface area contributed by atoms with Crippen molar-refractivity contribution in [3.05, 3.63) is 189 Å². The fraction of sp³-hybridized carbons (Fsp3) is 0.436. The summed E-state index contributed by atoms with van der Waals surface area (Å²) in [5.41, 5.74) is 6.95. The first kappa shape index (κ1) is 72.2. The molecule has 6 aromatic rings. The molecule has 0 radical (unpaired) electrons. The summed E-state index contributed by atoms with van der Waals surface area (Å²) in [6.07, 6.45) is 15.1. The third kappa shape index (κ3) is 16.0. The number of nitrogens with one attached hydrogen (secondary N) is 4. The number of rotatable bonds is 8. The van der Waals surface area contributed by atoms with Crippen LogP contribution in [0.25, 0.3) is 0 Å². The Labute approximate surface area is 606 Å². The van der Waals surface area contributed by atoms with Crippen LogP contribution in [0.15, 0.2) is 146 Å². The Kier molecular flexibility index (Phi) is 21.7. The minimum atomic E-state index is -4.31. The number of benzene rings is 6. The van der Waals surface area contributed by atoms with Crippen LogP contribution >= 0.6 is 23.2 Å². The summed E-state index contributed by atoms with van der Waals surface area (Å²) < 4.78 is 83.3. The number of anilines is 4. The van der Waals surface area contributed by atoms with E-state index in [1.54, 1.807) is 109 Å². The van der Waals surface area contributed by atoms with Gasteiger partial charge in [-0.05, 0) is 221 Å². The van der Waals surface area contributed by atoms with Gasteiger partial charge in [0, 0.05) is 94.5 Å². The number of sulfonamides is 2. The fourth-order valence-corrected chi connectivity index (χ4v) is 19.6. The van der Waals surface area contributed by atoms with E-state index in [1.165, 1.54) is 36.5 Å². The van der Waals surface area contributed by atoms with Gasteiger partial charge < -0.3 is 49.6 Å². The van der Waals surface area contributed by atoms with Crippen molar-refractivity contribution in [3.63, 3.8) is 0 Å². The molecule has 4 heterocycles. The van der Waals surface area contributed by atoms with Crippen LogP contribution in [0.4, 0.5) is 22.7 Å². The van der Waals surface area contributed by atoms with Crippen LogP contribution < -0.4 is 48.8 Å². The number of aryl methyl sites for hydroxylation is 2. The highest BCUT2D eigenvalue weighted by Gasteiger charge is 2.47. The molecule has 20 nitrogen and oxygen atoms in total. The molecule has 24 heteroatoms. The third-order valence-corrected chi connectivity index (χ3v) is 26.2. The Bertz CT molecular complexity index is 4180. The number of halogens is 2. The summed E-state index contributed by atoms with van der Waals surface area (Å²) in [6.45, 7) is 3.48. The maximum atomic E-state index is 13.8. The van der Waals surface area contributed by atoms with Crippen LogP contribution in [0, 0.1) is 23.7 Å². The highest BCUT2D eigenvalue weighted by Crippen LogP contribution is 2.50. The Morgan fingerprint density at radius 1 is 0.569 bits per heavy atom. The van der Waals surface area contributed by atoms with Gasteiger partial charge in [-0.2, -0.15) is 0 Å². The van der Waals surface area contributed by atoms with Gasteiger partial charge in [0.2, 0.25) is 31.9 Å². The number of amides is 4. The van der Waals surface area contributed by atoms with Crippen molar-refractivity contribution in [1.82, 2.24) is 9.44 Å². The topological polar surface area (TPSA) is 269 Å². The first-order chi connectivity index (χ1) is 49.1. The molecule has 4 bridgehead atoms. The van der Waals surface area contributed by atoms with Crippen molar-refractivity contribution in [2.75, 3.05) is 74.0 Å². The van der Waals surface area contributed by atoms with E-state index >= 15 is 0 Å². The smallest absolute Gasteiger partial charge is 0.264 e. The summed E-state index contributed by atoms with van der Waals surface area (Å²) in [4.78, 5) is 58.3. The number of allylic oxidation sites excluding steroid dienone is 2. The van der Waals surface area contributed by atoms with Crippen molar-refractivity contribution in [3.8, 4) is 23.0 Å². The Balaban J connectivity index is 0.000000182. The van der Waals surface area contributed by atoms with Crippen LogP contribution in [-0.4, -0.2) is 127 Å². The second-order valence-corrected chi connectivity index (χ2v) is 33.5. The lowest BCUT2D eigenvalue weighted by Gasteiger charge is -2.45. The molecule has 2 spiro atoms. The van der Waals surface area contributed by atoms with Gasteiger partial charge >= 0.3 is 0 Å². The van der Waals surface area contributed by atoms with Crippen molar-refractivity contribution >= 4 is 89.6 Å². The molecule has 4 amide bonds. The van der Waals surface area contributed by atoms with Gasteiger partial charge in [-0.25, -0.2) is 26.3 Å². The summed E-state index contributed by atoms with van der Waals surface area (Å²) >= 11 is 12.8. The number of methoxy groups -OCH3 is 2. The summed E-state index contributed by atoms with van der Waals surface area (Å²) in [7, 11) is -5.59. The molecule has 10 atom stereocenters. The largest absolute Gasteiger partial charge is 0.497 e. The van der Waals surface area contributed by atoms with E-state index < -0.39 is 66.4 Å². The second kappa shape index (κ2) is 30.7. The quantitative estimate of drug-likeness (QED) is 0.0773. The molecule has 0 unspecified atom stereocenters. The van der Waals surface area contributed by atoms with Crippen LogP contribution in [0.5, 0.6) is 23.0 Å². The van der Waals surface area contributed by atoms with Crippen LogP contribution in [0.3, 0.4) is 0 Å². The van der Waals surface area contributed by atoms with Gasteiger partial charge in [-0.15, -0.1) is 0 Å². The van der Waals surface area contributed by atoms with Crippen molar-refractivity contribution in [2.45, 2.75) is 136 Å². The highest BCUT2D eigenvalue weighted by atomic mass is 35.5. The summed E-state index contributed by atoms with van der Waals surface area (Å²) in [5, 5.41) is 27.1. The molecule has 6 N–H and O–H groups in total. The number of aliphatic hydroxyl groups excluding tert-OH is 2. The van der Waals surface area contributed by atoms with Crippen LogP contribution in [-0.2, 0) is 53.3 Å². The molecular formula is C78H88Cl2N6O14S2. The standard InChI is InChI=1S/2C39H44ClN3O7S/c2*1-49-30-8-4-7-29(20-30)41-37(45)21-31-9-2-3-10-35(44)32-14-11-27(32)22-43-23-39(17-5-6-25-18-28(40)13-15-33(25)39)24-50-36-16-12-26(19-34(36)43)38(46)42-51(31,47)48/h2*3-4,7-8,10,12-13,15-16,18-20,27,31-32,35,44H,2,5-6,9,11,14,17,21-24H2,1H3,(H,41,45)(H,42,46)/b2*10-3+/t27-,31+,32+,35-,39-;27-,31-,32+,35-,39-/m00/s1. The maximum Gasteiger partial charge on any atom is 0.264 e. The van der Waals surface area contributed by atoms with E-state index in [9.17, 15) is 46.2 Å². The number of carbonyl (C=O) groups excluding carboxylic acids is 4. The van der Waals surface area contributed by atoms with E-state index in [4.69, 9.17) is 42.1 Å². The molecule has 2 fully saturated rings. The molecule has 6 aromatic carbocycles. The number of aliphatic hydroxyl groups is 2. The minimum absolute atomic E-state index is 0.0369. The lowest BCUT2D eigenvalue weighted by atomic mass is 9.68. The van der Waals surface area contributed by atoms with E-state index in [0.29, 0.717) is 96.7 Å². The van der Waals surface area contributed by atoms with E-state index in [2.05, 4.69) is 42.0 Å². The normalized spacial score (nSPS) is 27.7. The lowest BCUT2D eigenvalue weighted by Crippen LogP contribution is -2.49. The van der Waals surface area contributed by atoms with Gasteiger partial charge in [0.1, 0.15) is 23.0 Å². The van der Waals surface area contributed by atoms with Gasteiger partial charge in [0.05, 0.1) is 61.5 Å². The molecule has 8 aliphatic rings. The molecule has 0 saturated heterocycles. The molecule has 4 aliphatic carbocycles. The molecule has 540 valence electrons. The predicted octanol–water partition coefficient (Wildman–Crippen LogP) is 12.0. The zero-order valence-corrected chi connectivity index (χ0v) is 60.4. The van der Waals surface area contributed by atoms with Crippen LogP contribution in [0.2, 0.25) is 10.0 Å². The maximum absolute atomic E-state index is 13.8. The first-order valence-corrected chi connectivity index (χ1v) is 39.2. The van der Waals surface area contributed by atoms with Crippen LogP contribution in [0.1, 0.15) is 133 Å². The number of hydrogen-bond acceptors (Lipinski definition) is 16. The Morgan fingerprint density at radius 2 is 1.00 bits per heavy atom. The SMILES string of the molecule is COc1cccc(NC(=O)C[C@@H]2CC/C=C/[C@H](O)[C@@H]3CC[C@H]3CN3C[C@@]4(CCCc5cc(Cl)ccc54)COc4ccc(cc43)C(=O)NS2(=O)=O)c1.COc1cccc(NC(=O)C[C@H]2CC/C=C/[C@H](O)[C@@H]3CC[C@H]3CN3C[C@@]4(CCCc5cc(Cl)ccc54)COc4ccc(cc43)C(=O)NS2(=O)=O)c1. The van der Waals surface area contributed by atoms with Gasteiger partial charge in [0.15, 0.2) is 0 Å². The summed E-state index contributed by atoms with van der Waals surface area (Å²) in [6, 6.07) is 35.8. The lowest BCUT2D eigenvalue weighted by molar-refractivity contribution is -0.117. The van der Waals surface area contributed by atoms with E-state index in [1.807, 2.05) is 24.3 Å². The fourth-order valence-electron chi connectivity index (χ4n) is 16.5. The number of carbonyl (C=O) groups is 4. The highest BCUT2D eigenvalue weighted by molar-refractivity contribution is 7.91. The zero-order chi connectivity index (χ0) is 71.5. The molecular weight excluding hydrogens is 1380 g/mol. The number of fused-ring (bicyclic) bond motifs is 8. The molecule has 0 aromatic heterocycles. The number of ether oxygens (including phenoxy) is 4. The summed E-state index contributed by atoms with van der Waals surface area (Å²) in [5.74, 6) is 0.253. The van der Waals surface area contributed by atoms with Crippen molar-refractivity contribution in [2.24, 2.45) is 23.7 Å². The third-order valence-electron chi connectivity index (χ3n) is 22.2. The van der Waals surface area contributed by atoms with Crippen molar-refractivity contribution < 1.29 is 65.2 Å². The monoisotopic (exact) mass is 1470 g/mol. The number of nitrogens with zero attached hydrogens (tertiary/aromatic N) is 2. The average molecular weight is 1470 g/mol. The van der Waals surface area contributed by atoms with Gasteiger partial charge in [0.25, 0.3) is 11.8 Å². The average Bonchev–Trinajstić information content (AvgIpc) is 1.42. The minimum Gasteiger partial charge on any atom is -0.497 e. The van der Waals surface area contributed by atoms with Gasteiger partial charge in [-0.3, -0.25) is 19.2 Å². The molecule has 4 aliphatic heterocycles. The predicted molar refractivity (Wildman–Crippen MR) is 394 cm³/mol. The Morgan fingerprint density at radius 3 is 1.40 bits per heavy atom. The number of hydrogen-bond donors (Lipinski definition) is 6. The van der Waals surface area contributed by atoms with E-state index in [-0.39, 0.29) is 71.3 Å². The zero-order valence-electron chi connectivity index (χ0n) is 57.3. The second-order valence-electron chi connectivity index (χ2n) is 28.7. The van der Waals surface area contributed by atoms with Gasteiger partial charge in [-0.1, -0.05) is 71.8 Å². The van der Waals surface area contributed by atoms with E-state index in [0.717, 1.165) is 75.6 Å². The van der Waals surface area contributed by atoms with Crippen molar-refractivity contribution in [1.29, 1.82) is 0 Å². The molecule has 2 saturated carbocycles. The first-order valence-electron chi connectivity index (χ1n) is 35.4.